The van der Waals surface area contributed by atoms with E-state index in [1.165, 1.54) is 0 Å². The molecule has 7 nitrogen and oxygen atoms in total. The third-order valence-corrected chi connectivity index (χ3v) is 6.30. The molecule has 0 saturated carbocycles. The standard InChI is InChI=1S/C13H22N2O5S/c1-9(12(17)18)10-5-15(6-10)7-11(16)14-13(2)3-4-21(19,20)8-13/h9-10H,3-8H2,1-2H3,(H,14,16)(H,17,18). The lowest BCUT2D eigenvalue weighted by Gasteiger charge is -2.41. The van der Waals surface area contributed by atoms with Gasteiger partial charge in [-0.15, -0.1) is 0 Å². The topological polar surface area (TPSA) is 104 Å². The first-order valence-corrected chi connectivity index (χ1v) is 8.89. The minimum Gasteiger partial charge on any atom is -0.481 e. The lowest BCUT2D eigenvalue weighted by atomic mass is 9.87. The highest BCUT2D eigenvalue weighted by Gasteiger charge is 2.40. The van der Waals surface area contributed by atoms with Gasteiger partial charge in [0.15, 0.2) is 9.84 Å². The zero-order chi connectivity index (χ0) is 15.8. The van der Waals surface area contributed by atoms with E-state index in [4.69, 9.17) is 5.11 Å². The Hall–Kier alpha value is -1.15. The fourth-order valence-corrected chi connectivity index (χ4v) is 5.04. The average molecular weight is 318 g/mol. The third kappa shape index (κ3) is 3.94. The molecular formula is C13H22N2O5S. The monoisotopic (exact) mass is 318 g/mol. The number of nitrogens with zero attached hydrogens (tertiary/aromatic N) is 1. The number of hydrogen-bond donors (Lipinski definition) is 2. The lowest BCUT2D eigenvalue weighted by molar-refractivity contribution is -0.145. The van der Waals surface area contributed by atoms with Crippen molar-refractivity contribution in [2.45, 2.75) is 25.8 Å². The van der Waals surface area contributed by atoms with Crippen LogP contribution in [0.2, 0.25) is 0 Å². The minimum atomic E-state index is -3.04. The molecule has 0 aliphatic carbocycles. The smallest absolute Gasteiger partial charge is 0.306 e. The number of nitrogens with one attached hydrogen (secondary N) is 1. The van der Waals surface area contributed by atoms with Crippen molar-refractivity contribution in [3.8, 4) is 0 Å². The number of sulfone groups is 1. The van der Waals surface area contributed by atoms with Crippen LogP contribution in [0, 0.1) is 11.8 Å². The highest BCUT2D eigenvalue weighted by atomic mass is 32.2. The number of likely N-dealkylation sites (tertiary alicyclic amines) is 1. The van der Waals surface area contributed by atoms with Crippen LogP contribution < -0.4 is 5.32 Å². The summed E-state index contributed by atoms with van der Waals surface area (Å²) in [5.41, 5.74) is -0.672. The first-order valence-electron chi connectivity index (χ1n) is 7.07. The highest BCUT2D eigenvalue weighted by Crippen LogP contribution is 2.25. The van der Waals surface area contributed by atoms with E-state index >= 15 is 0 Å². The van der Waals surface area contributed by atoms with Crippen molar-refractivity contribution >= 4 is 21.7 Å². The van der Waals surface area contributed by atoms with Crippen molar-refractivity contribution in [1.82, 2.24) is 10.2 Å². The Morgan fingerprint density at radius 2 is 2.05 bits per heavy atom. The summed E-state index contributed by atoms with van der Waals surface area (Å²) in [5.74, 6) is -1.22. The summed E-state index contributed by atoms with van der Waals surface area (Å²) >= 11 is 0. The normalized spacial score (nSPS) is 30.6. The summed E-state index contributed by atoms with van der Waals surface area (Å²) in [6, 6.07) is 0. The second-order valence-corrected chi connectivity index (χ2v) is 8.72. The molecule has 2 fully saturated rings. The number of rotatable bonds is 5. The molecule has 21 heavy (non-hydrogen) atoms. The van der Waals surface area contributed by atoms with E-state index < -0.39 is 27.3 Å². The molecule has 2 aliphatic rings. The number of aliphatic carboxylic acids is 1. The van der Waals surface area contributed by atoms with Crippen LogP contribution in [0.5, 0.6) is 0 Å². The van der Waals surface area contributed by atoms with Gasteiger partial charge in [-0.25, -0.2) is 8.42 Å². The molecule has 0 aromatic carbocycles. The zero-order valence-corrected chi connectivity index (χ0v) is 13.1. The molecule has 0 spiro atoms. The molecular weight excluding hydrogens is 296 g/mol. The van der Waals surface area contributed by atoms with Gasteiger partial charge in [0.05, 0.1) is 29.5 Å². The Labute approximate surface area is 124 Å². The number of hydrogen-bond acceptors (Lipinski definition) is 5. The molecule has 8 heteroatoms. The Bertz CT molecular complexity index is 541. The van der Waals surface area contributed by atoms with Crippen LogP contribution in [0.25, 0.3) is 0 Å². The third-order valence-electron chi connectivity index (χ3n) is 4.39. The van der Waals surface area contributed by atoms with Gasteiger partial charge in [0.2, 0.25) is 5.91 Å². The van der Waals surface area contributed by atoms with Crippen LogP contribution in [-0.4, -0.2) is 67.0 Å². The summed E-state index contributed by atoms with van der Waals surface area (Å²) in [6.45, 7) is 4.81. The van der Waals surface area contributed by atoms with Gasteiger partial charge < -0.3 is 10.4 Å². The summed E-state index contributed by atoms with van der Waals surface area (Å²) in [4.78, 5) is 24.7. The van der Waals surface area contributed by atoms with Crippen LogP contribution in [0.15, 0.2) is 0 Å². The maximum Gasteiger partial charge on any atom is 0.306 e. The zero-order valence-electron chi connectivity index (χ0n) is 12.3. The molecule has 0 aromatic heterocycles. The van der Waals surface area contributed by atoms with Crippen LogP contribution in [0.1, 0.15) is 20.3 Å². The fraction of sp³-hybridized carbons (Fsp3) is 0.846. The van der Waals surface area contributed by atoms with Crippen LogP contribution in [0.4, 0.5) is 0 Å². The van der Waals surface area contributed by atoms with Crippen molar-refractivity contribution < 1.29 is 23.1 Å². The Kier molecular flexibility index (Phi) is 4.30. The van der Waals surface area contributed by atoms with Gasteiger partial charge in [-0.1, -0.05) is 6.92 Å². The van der Waals surface area contributed by atoms with Crippen LogP contribution >= 0.6 is 0 Å². The predicted molar refractivity (Wildman–Crippen MR) is 76.5 cm³/mol. The second kappa shape index (κ2) is 5.57. The molecule has 2 N–H and O–H groups in total. The fourth-order valence-electron chi connectivity index (χ4n) is 2.95. The Balaban J connectivity index is 1.76. The summed E-state index contributed by atoms with van der Waals surface area (Å²) < 4.78 is 23.0. The molecule has 2 rings (SSSR count). The average Bonchev–Trinajstić information content (AvgIpc) is 2.56. The molecule has 2 heterocycles. The van der Waals surface area contributed by atoms with Crippen LogP contribution in [0.3, 0.4) is 0 Å². The van der Waals surface area contributed by atoms with E-state index in [0.717, 1.165) is 0 Å². The first kappa shape index (κ1) is 16.2. The SMILES string of the molecule is CC(C(=O)O)C1CN(CC(=O)NC2(C)CCS(=O)(=O)C2)C1. The van der Waals surface area contributed by atoms with Gasteiger partial charge in [-0.05, 0) is 19.3 Å². The van der Waals surface area contributed by atoms with Gasteiger partial charge in [-0.3, -0.25) is 14.5 Å². The van der Waals surface area contributed by atoms with Crippen molar-refractivity contribution in [2.24, 2.45) is 11.8 Å². The van der Waals surface area contributed by atoms with Crippen LogP contribution in [-0.2, 0) is 19.4 Å². The van der Waals surface area contributed by atoms with Gasteiger partial charge in [0, 0.05) is 13.1 Å². The Morgan fingerprint density at radius 1 is 1.43 bits per heavy atom. The largest absolute Gasteiger partial charge is 0.481 e. The van der Waals surface area contributed by atoms with Gasteiger partial charge >= 0.3 is 5.97 Å². The molecule has 0 aromatic rings. The number of carboxylic acid groups (broad SMARTS) is 1. The molecule has 2 atom stereocenters. The minimum absolute atomic E-state index is 0.00951. The molecule has 120 valence electrons. The summed E-state index contributed by atoms with van der Waals surface area (Å²) in [5, 5.41) is 11.7. The van der Waals surface area contributed by atoms with E-state index in [1.54, 1.807) is 13.8 Å². The lowest BCUT2D eigenvalue weighted by Crippen LogP contribution is -2.56. The van der Waals surface area contributed by atoms with E-state index in [9.17, 15) is 18.0 Å². The summed E-state index contributed by atoms with van der Waals surface area (Å²) in [7, 11) is -3.04. The molecule has 2 aliphatic heterocycles. The van der Waals surface area contributed by atoms with Gasteiger partial charge in [0.25, 0.3) is 0 Å². The summed E-state index contributed by atoms with van der Waals surface area (Å²) in [6.07, 6.45) is 0.444. The van der Waals surface area contributed by atoms with E-state index in [2.05, 4.69) is 5.32 Å². The predicted octanol–water partition coefficient (Wildman–Crippen LogP) is -0.668. The number of amides is 1. The van der Waals surface area contributed by atoms with Crippen molar-refractivity contribution in [3.05, 3.63) is 0 Å². The highest BCUT2D eigenvalue weighted by molar-refractivity contribution is 7.91. The first-order chi connectivity index (χ1) is 9.60. The molecule has 2 saturated heterocycles. The quantitative estimate of drug-likeness (QED) is 0.697. The van der Waals surface area contributed by atoms with Crippen molar-refractivity contribution in [2.75, 3.05) is 31.1 Å². The van der Waals surface area contributed by atoms with Gasteiger partial charge in [0.1, 0.15) is 0 Å². The number of carbonyl (C=O) groups excluding carboxylic acids is 1. The van der Waals surface area contributed by atoms with Crippen molar-refractivity contribution in [1.29, 1.82) is 0 Å². The van der Waals surface area contributed by atoms with E-state index in [-0.39, 0.29) is 29.9 Å². The number of carboxylic acids is 1. The molecule has 2 unspecified atom stereocenters. The molecule has 1 amide bonds. The van der Waals surface area contributed by atoms with Gasteiger partial charge in [-0.2, -0.15) is 0 Å². The maximum atomic E-state index is 12.0. The van der Waals surface area contributed by atoms with E-state index in [1.807, 2.05) is 4.90 Å². The van der Waals surface area contributed by atoms with Crippen molar-refractivity contribution in [3.63, 3.8) is 0 Å². The second-order valence-electron chi connectivity index (χ2n) is 6.53. The number of carbonyl (C=O) groups is 2. The Morgan fingerprint density at radius 3 is 2.52 bits per heavy atom. The van der Waals surface area contributed by atoms with E-state index in [0.29, 0.717) is 19.5 Å². The molecule has 0 radical (unpaired) electrons. The molecule has 0 bridgehead atoms. The maximum absolute atomic E-state index is 12.0.